The van der Waals surface area contributed by atoms with E-state index in [-0.39, 0.29) is 6.54 Å². The van der Waals surface area contributed by atoms with Crippen molar-refractivity contribution in [1.29, 1.82) is 0 Å². The summed E-state index contributed by atoms with van der Waals surface area (Å²) in [6.07, 6.45) is 0. The maximum atomic E-state index is 11.2. The average molecular weight is 253 g/mol. The molecule has 0 aliphatic carbocycles. The van der Waals surface area contributed by atoms with Gasteiger partial charge in [0.15, 0.2) is 0 Å². The van der Waals surface area contributed by atoms with Gasteiger partial charge in [0.05, 0.1) is 13.7 Å². The average Bonchev–Trinajstić information content (AvgIpc) is 2.28. The third kappa shape index (κ3) is 3.46. The molecule has 0 saturated heterocycles. The van der Waals surface area contributed by atoms with Crippen LogP contribution in [0.1, 0.15) is 11.6 Å². The van der Waals surface area contributed by atoms with Crippen LogP contribution in [-0.2, 0) is 9.59 Å². The summed E-state index contributed by atoms with van der Waals surface area (Å²) in [6, 6.07) is 5.50. The standard InChI is InChI=1S/C12H15NO5/c1-13(7-10(14)15)11(12(16)17)8-3-5-9(18-2)6-4-8/h3-6,11H,7H2,1-2H3,(H,14,15)(H,16,17). The van der Waals surface area contributed by atoms with E-state index in [4.69, 9.17) is 9.84 Å². The number of carboxylic acids is 2. The van der Waals surface area contributed by atoms with Crippen molar-refractivity contribution in [2.75, 3.05) is 20.7 Å². The molecule has 0 aliphatic heterocycles. The van der Waals surface area contributed by atoms with Gasteiger partial charge < -0.3 is 14.9 Å². The highest BCUT2D eigenvalue weighted by Crippen LogP contribution is 2.22. The Morgan fingerprint density at radius 2 is 1.83 bits per heavy atom. The van der Waals surface area contributed by atoms with Crippen molar-refractivity contribution in [1.82, 2.24) is 4.90 Å². The Balaban J connectivity index is 2.96. The number of nitrogens with zero attached hydrogens (tertiary/aromatic N) is 1. The molecule has 0 bridgehead atoms. The molecule has 1 unspecified atom stereocenters. The summed E-state index contributed by atoms with van der Waals surface area (Å²) in [5, 5.41) is 17.9. The van der Waals surface area contributed by atoms with E-state index in [0.717, 1.165) is 0 Å². The number of aliphatic carboxylic acids is 2. The van der Waals surface area contributed by atoms with Gasteiger partial charge in [-0.25, -0.2) is 0 Å². The Labute approximate surface area is 104 Å². The van der Waals surface area contributed by atoms with E-state index in [2.05, 4.69) is 0 Å². The summed E-state index contributed by atoms with van der Waals surface area (Å²) in [5.74, 6) is -1.55. The van der Waals surface area contributed by atoms with Crippen molar-refractivity contribution in [2.45, 2.75) is 6.04 Å². The molecule has 1 aromatic carbocycles. The van der Waals surface area contributed by atoms with E-state index >= 15 is 0 Å². The fourth-order valence-corrected chi connectivity index (χ4v) is 1.68. The second kappa shape index (κ2) is 6.02. The van der Waals surface area contributed by atoms with E-state index in [1.54, 1.807) is 24.3 Å². The summed E-state index contributed by atoms with van der Waals surface area (Å²) in [6.45, 7) is -0.344. The predicted molar refractivity (Wildman–Crippen MR) is 63.6 cm³/mol. The van der Waals surface area contributed by atoms with E-state index in [0.29, 0.717) is 11.3 Å². The lowest BCUT2D eigenvalue weighted by atomic mass is 10.1. The summed E-state index contributed by atoms with van der Waals surface area (Å²) >= 11 is 0. The van der Waals surface area contributed by atoms with Crippen LogP contribution in [0.25, 0.3) is 0 Å². The van der Waals surface area contributed by atoms with Crippen LogP contribution in [0.3, 0.4) is 0 Å². The monoisotopic (exact) mass is 253 g/mol. The van der Waals surface area contributed by atoms with Gasteiger partial charge in [-0.15, -0.1) is 0 Å². The fraction of sp³-hybridized carbons (Fsp3) is 0.333. The molecule has 0 fully saturated rings. The van der Waals surface area contributed by atoms with Gasteiger partial charge >= 0.3 is 11.9 Å². The highest BCUT2D eigenvalue weighted by molar-refractivity contribution is 5.77. The summed E-state index contributed by atoms with van der Waals surface area (Å²) in [4.78, 5) is 23.1. The van der Waals surface area contributed by atoms with Crippen LogP contribution in [0.15, 0.2) is 24.3 Å². The fourth-order valence-electron chi connectivity index (χ4n) is 1.68. The molecule has 0 spiro atoms. The van der Waals surface area contributed by atoms with Gasteiger partial charge in [0.25, 0.3) is 0 Å². The number of hydrogen-bond donors (Lipinski definition) is 2. The number of rotatable bonds is 6. The Morgan fingerprint density at radius 1 is 1.28 bits per heavy atom. The van der Waals surface area contributed by atoms with Crippen LogP contribution in [0.2, 0.25) is 0 Å². The van der Waals surface area contributed by atoms with Crippen molar-refractivity contribution in [3.05, 3.63) is 29.8 Å². The molecular formula is C12H15NO5. The second-order valence-corrected chi connectivity index (χ2v) is 3.82. The number of methoxy groups -OCH3 is 1. The van der Waals surface area contributed by atoms with Crippen LogP contribution in [0, 0.1) is 0 Å². The highest BCUT2D eigenvalue weighted by Gasteiger charge is 2.25. The molecule has 0 radical (unpaired) electrons. The lowest BCUT2D eigenvalue weighted by Crippen LogP contribution is -2.34. The molecule has 0 heterocycles. The first-order chi connectivity index (χ1) is 8.45. The van der Waals surface area contributed by atoms with Gasteiger partial charge in [-0.05, 0) is 24.7 Å². The molecular weight excluding hydrogens is 238 g/mol. The highest BCUT2D eigenvalue weighted by atomic mass is 16.5. The SMILES string of the molecule is COc1ccc(C(C(=O)O)N(C)CC(=O)O)cc1. The molecule has 6 heteroatoms. The molecule has 6 nitrogen and oxygen atoms in total. The summed E-state index contributed by atoms with van der Waals surface area (Å²) in [5.41, 5.74) is 0.507. The third-order valence-corrected chi connectivity index (χ3v) is 2.49. The van der Waals surface area contributed by atoms with Crippen LogP contribution >= 0.6 is 0 Å². The Bertz CT molecular complexity index is 429. The first-order valence-electron chi connectivity index (χ1n) is 5.24. The number of likely N-dealkylation sites (N-methyl/N-ethyl adjacent to an activating group) is 1. The van der Waals surface area contributed by atoms with Gasteiger partial charge in [-0.3, -0.25) is 14.5 Å². The number of ether oxygens (including phenoxy) is 1. The topological polar surface area (TPSA) is 87.1 Å². The van der Waals surface area contributed by atoms with Crippen LogP contribution in [0.4, 0.5) is 0 Å². The molecule has 0 aromatic heterocycles. The minimum Gasteiger partial charge on any atom is -0.497 e. The second-order valence-electron chi connectivity index (χ2n) is 3.82. The number of carboxylic acid groups (broad SMARTS) is 2. The van der Waals surface area contributed by atoms with Gasteiger partial charge in [0, 0.05) is 0 Å². The van der Waals surface area contributed by atoms with E-state index in [1.807, 2.05) is 0 Å². The van der Waals surface area contributed by atoms with E-state index in [9.17, 15) is 14.7 Å². The van der Waals surface area contributed by atoms with Gasteiger partial charge in [-0.2, -0.15) is 0 Å². The van der Waals surface area contributed by atoms with E-state index in [1.165, 1.54) is 19.1 Å². The lowest BCUT2D eigenvalue weighted by molar-refractivity contribution is -0.145. The first-order valence-corrected chi connectivity index (χ1v) is 5.24. The molecule has 2 N–H and O–H groups in total. The van der Waals surface area contributed by atoms with Crippen molar-refractivity contribution in [3.8, 4) is 5.75 Å². The van der Waals surface area contributed by atoms with Crippen LogP contribution < -0.4 is 4.74 Å². The number of carbonyl (C=O) groups is 2. The summed E-state index contributed by atoms with van der Waals surface area (Å²) < 4.78 is 4.98. The Kier molecular flexibility index (Phi) is 4.67. The molecule has 0 aliphatic rings. The predicted octanol–water partition coefficient (Wildman–Crippen LogP) is 0.837. The van der Waals surface area contributed by atoms with Gasteiger partial charge in [0.2, 0.25) is 0 Å². The minimum atomic E-state index is -1.09. The number of hydrogen-bond acceptors (Lipinski definition) is 4. The number of benzene rings is 1. The zero-order valence-electron chi connectivity index (χ0n) is 10.2. The zero-order valence-corrected chi connectivity index (χ0v) is 10.2. The maximum Gasteiger partial charge on any atom is 0.325 e. The van der Waals surface area contributed by atoms with Crippen LogP contribution in [0.5, 0.6) is 5.75 Å². The minimum absolute atomic E-state index is 0.344. The normalized spacial score (nSPS) is 12.2. The molecule has 1 rings (SSSR count). The van der Waals surface area contributed by atoms with Crippen molar-refractivity contribution in [2.24, 2.45) is 0 Å². The van der Waals surface area contributed by atoms with Gasteiger partial charge in [0.1, 0.15) is 11.8 Å². The van der Waals surface area contributed by atoms with Crippen molar-refractivity contribution >= 4 is 11.9 Å². The van der Waals surface area contributed by atoms with Crippen molar-refractivity contribution in [3.63, 3.8) is 0 Å². The molecule has 98 valence electrons. The Hall–Kier alpha value is -2.08. The van der Waals surface area contributed by atoms with Crippen molar-refractivity contribution < 1.29 is 24.5 Å². The summed E-state index contributed by atoms with van der Waals surface area (Å²) in [7, 11) is 2.97. The lowest BCUT2D eigenvalue weighted by Gasteiger charge is -2.23. The van der Waals surface area contributed by atoms with E-state index < -0.39 is 18.0 Å². The molecule has 0 amide bonds. The largest absolute Gasteiger partial charge is 0.497 e. The quantitative estimate of drug-likeness (QED) is 0.781. The maximum absolute atomic E-state index is 11.2. The smallest absolute Gasteiger partial charge is 0.325 e. The molecule has 1 atom stereocenters. The third-order valence-electron chi connectivity index (χ3n) is 2.49. The van der Waals surface area contributed by atoms with Crippen LogP contribution in [-0.4, -0.2) is 47.8 Å². The molecule has 0 saturated carbocycles. The molecule has 1 aromatic rings. The Morgan fingerprint density at radius 3 is 2.22 bits per heavy atom. The zero-order chi connectivity index (χ0) is 13.7. The first kappa shape index (κ1) is 14.0. The van der Waals surface area contributed by atoms with Gasteiger partial charge in [-0.1, -0.05) is 12.1 Å². The molecule has 18 heavy (non-hydrogen) atoms.